The lowest BCUT2D eigenvalue weighted by Crippen LogP contribution is -2.50. The van der Waals surface area contributed by atoms with Crippen molar-refractivity contribution in [3.63, 3.8) is 0 Å². The summed E-state index contributed by atoms with van der Waals surface area (Å²) >= 11 is 0. The molecule has 4 heteroatoms. The topological polar surface area (TPSA) is 52.6 Å². The average Bonchev–Trinajstić information content (AvgIpc) is 2.28. The van der Waals surface area contributed by atoms with Gasteiger partial charge >= 0.3 is 5.97 Å². The second-order valence-electron chi connectivity index (χ2n) is 5.36. The van der Waals surface area contributed by atoms with E-state index in [4.69, 9.17) is 5.11 Å². The van der Waals surface area contributed by atoms with Gasteiger partial charge in [0.25, 0.3) is 0 Å². The van der Waals surface area contributed by atoms with Crippen LogP contribution in [0.5, 0.6) is 0 Å². The van der Waals surface area contributed by atoms with Crippen molar-refractivity contribution in [3.05, 3.63) is 0 Å². The molecule has 0 aromatic heterocycles. The lowest BCUT2D eigenvalue weighted by atomic mass is 9.94. The summed E-state index contributed by atoms with van der Waals surface area (Å²) in [5, 5.41) is 12.3. The monoisotopic (exact) mass is 242 g/mol. The van der Waals surface area contributed by atoms with Gasteiger partial charge in [0.2, 0.25) is 0 Å². The van der Waals surface area contributed by atoms with E-state index in [0.29, 0.717) is 6.54 Å². The number of nitrogens with one attached hydrogen (secondary N) is 1. The van der Waals surface area contributed by atoms with Gasteiger partial charge in [-0.1, -0.05) is 27.2 Å². The number of aliphatic carboxylic acids is 1. The van der Waals surface area contributed by atoms with Crippen LogP contribution in [0.25, 0.3) is 0 Å². The Labute approximate surface area is 104 Å². The molecule has 0 radical (unpaired) electrons. The summed E-state index contributed by atoms with van der Waals surface area (Å²) in [7, 11) is 0. The molecule has 1 atom stereocenters. The van der Waals surface area contributed by atoms with E-state index in [9.17, 15) is 4.79 Å². The Kier molecular flexibility index (Phi) is 5.92. The zero-order valence-corrected chi connectivity index (χ0v) is 11.3. The molecule has 0 aromatic rings. The van der Waals surface area contributed by atoms with Gasteiger partial charge in [-0.25, -0.2) is 0 Å². The van der Waals surface area contributed by atoms with Crippen LogP contribution in [-0.2, 0) is 4.79 Å². The lowest BCUT2D eigenvalue weighted by Gasteiger charge is -2.33. The molecule has 0 bridgehead atoms. The van der Waals surface area contributed by atoms with Crippen LogP contribution in [0.1, 0.15) is 40.0 Å². The van der Waals surface area contributed by atoms with Crippen molar-refractivity contribution in [3.8, 4) is 0 Å². The molecule has 4 nitrogen and oxygen atoms in total. The van der Waals surface area contributed by atoms with Crippen molar-refractivity contribution in [2.45, 2.75) is 52.1 Å². The fraction of sp³-hybridized carbons (Fsp3) is 0.923. The van der Waals surface area contributed by atoms with E-state index >= 15 is 0 Å². The molecule has 1 fully saturated rings. The molecule has 0 saturated carbocycles. The summed E-state index contributed by atoms with van der Waals surface area (Å²) in [6, 6.07) is -0.225. The van der Waals surface area contributed by atoms with Gasteiger partial charge in [0.05, 0.1) is 0 Å². The third kappa shape index (κ3) is 5.04. The molecule has 1 saturated heterocycles. The van der Waals surface area contributed by atoms with Crippen LogP contribution >= 0.6 is 0 Å². The van der Waals surface area contributed by atoms with Crippen LogP contribution in [0.15, 0.2) is 0 Å². The summed E-state index contributed by atoms with van der Waals surface area (Å²) in [5.41, 5.74) is 0. The Morgan fingerprint density at radius 1 is 1.41 bits per heavy atom. The van der Waals surface area contributed by atoms with E-state index in [1.807, 2.05) is 13.8 Å². The van der Waals surface area contributed by atoms with Crippen molar-refractivity contribution >= 4 is 5.97 Å². The van der Waals surface area contributed by atoms with Crippen LogP contribution in [0, 0.1) is 5.92 Å². The maximum atomic E-state index is 11.1. The Balaban J connectivity index is 2.38. The number of piperidine rings is 1. The highest BCUT2D eigenvalue weighted by atomic mass is 16.4. The predicted molar refractivity (Wildman–Crippen MR) is 69.2 cm³/mol. The molecule has 1 unspecified atom stereocenters. The van der Waals surface area contributed by atoms with Gasteiger partial charge in [-0.15, -0.1) is 0 Å². The highest BCUT2D eigenvalue weighted by Gasteiger charge is 2.24. The van der Waals surface area contributed by atoms with E-state index in [0.717, 1.165) is 19.0 Å². The van der Waals surface area contributed by atoms with E-state index in [2.05, 4.69) is 17.1 Å². The molecule has 2 N–H and O–H groups in total. The number of hydrogen-bond acceptors (Lipinski definition) is 3. The molecule has 0 amide bonds. The second kappa shape index (κ2) is 6.97. The number of nitrogens with zero attached hydrogens (tertiary/aromatic N) is 1. The smallest absolute Gasteiger partial charge is 0.322 e. The Bertz CT molecular complexity index is 236. The van der Waals surface area contributed by atoms with Gasteiger partial charge < -0.3 is 15.3 Å². The zero-order valence-electron chi connectivity index (χ0n) is 11.3. The molecular weight excluding hydrogens is 216 g/mol. The lowest BCUT2D eigenvalue weighted by molar-refractivity contribution is -0.140. The summed E-state index contributed by atoms with van der Waals surface area (Å²) in [4.78, 5) is 13.4. The van der Waals surface area contributed by atoms with Gasteiger partial charge in [0.1, 0.15) is 6.04 Å². The van der Waals surface area contributed by atoms with Crippen molar-refractivity contribution < 1.29 is 9.90 Å². The minimum Gasteiger partial charge on any atom is -0.480 e. The highest BCUT2D eigenvalue weighted by molar-refractivity contribution is 5.73. The standard InChI is InChI=1S/C13H26N2O2/c1-4-11-5-7-15(8-6-11)9-12(13(16)17)14-10(2)3/h10-12,14H,4-9H2,1-3H3,(H,16,17). The summed E-state index contributed by atoms with van der Waals surface area (Å²) in [6.07, 6.45) is 3.68. The number of likely N-dealkylation sites (tertiary alicyclic amines) is 1. The molecule has 1 aliphatic heterocycles. The van der Waals surface area contributed by atoms with Gasteiger partial charge in [-0.2, -0.15) is 0 Å². The van der Waals surface area contributed by atoms with Gasteiger partial charge in [-0.3, -0.25) is 4.79 Å². The maximum Gasteiger partial charge on any atom is 0.322 e. The molecule has 1 heterocycles. The maximum absolute atomic E-state index is 11.1. The van der Waals surface area contributed by atoms with E-state index in [1.54, 1.807) is 0 Å². The third-order valence-electron chi connectivity index (χ3n) is 3.56. The van der Waals surface area contributed by atoms with Crippen molar-refractivity contribution in [1.29, 1.82) is 0 Å². The minimum absolute atomic E-state index is 0.212. The normalized spacial score (nSPS) is 20.7. The van der Waals surface area contributed by atoms with Gasteiger partial charge in [0, 0.05) is 12.6 Å². The first kappa shape index (κ1) is 14.5. The molecule has 1 rings (SSSR count). The average molecular weight is 242 g/mol. The number of carboxylic acids is 1. The largest absolute Gasteiger partial charge is 0.480 e. The van der Waals surface area contributed by atoms with Crippen LogP contribution in [-0.4, -0.2) is 47.7 Å². The first-order valence-electron chi connectivity index (χ1n) is 6.74. The second-order valence-corrected chi connectivity index (χ2v) is 5.36. The number of carbonyl (C=O) groups is 1. The van der Waals surface area contributed by atoms with E-state index < -0.39 is 12.0 Å². The van der Waals surface area contributed by atoms with E-state index in [1.165, 1.54) is 19.3 Å². The predicted octanol–water partition coefficient (Wildman–Crippen LogP) is 1.56. The Morgan fingerprint density at radius 3 is 2.41 bits per heavy atom. The van der Waals surface area contributed by atoms with Gasteiger partial charge in [-0.05, 0) is 31.8 Å². The molecule has 100 valence electrons. The fourth-order valence-electron chi connectivity index (χ4n) is 2.44. The first-order valence-corrected chi connectivity index (χ1v) is 6.74. The Hall–Kier alpha value is -0.610. The van der Waals surface area contributed by atoms with Crippen LogP contribution < -0.4 is 5.32 Å². The highest BCUT2D eigenvalue weighted by Crippen LogP contribution is 2.19. The summed E-state index contributed by atoms with van der Waals surface area (Å²) in [6.45, 7) is 8.92. The molecule has 0 spiro atoms. The van der Waals surface area contributed by atoms with Crippen molar-refractivity contribution in [2.75, 3.05) is 19.6 Å². The number of hydrogen-bond donors (Lipinski definition) is 2. The molecule has 0 aromatic carbocycles. The number of rotatable bonds is 6. The van der Waals surface area contributed by atoms with Crippen LogP contribution in [0.3, 0.4) is 0 Å². The molecule has 0 aliphatic carbocycles. The molecular formula is C13H26N2O2. The Morgan fingerprint density at radius 2 is 2.00 bits per heavy atom. The quantitative estimate of drug-likeness (QED) is 0.742. The molecule has 17 heavy (non-hydrogen) atoms. The van der Waals surface area contributed by atoms with Crippen LogP contribution in [0.4, 0.5) is 0 Å². The zero-order chi connectivity index (χ0) is 12.8. The summed E-state index contributed by atoms with van der Waals surface area (Å²) in [5.74, 6) is 0.101. The van der Waals surface area contributed by atoms with Crippen molar-refractivity contribution in [2.24, 2.45) is 5.92 Å². The van der Waals surface area contributed by atoms with Gasteiger partial charge in [0.15, 0.2) is 0 Å². The minimum atomic E-state index is -0.740. The summed E-state index contributed by atoms with van der Waals surface area (Å²) < 4.78 is 0. The van der Waals surface area contributed by atoms with Crippen LogP contribution in [0.2, 0.25) is 0 Å². The fourth-order valence-corrected chi connectivity index (χ4v) is 2.44. The van der Waals surface area contributed by atoms with Crippen molar-refractivity contribution in [1.82, 2.24) is 10.2 Å². The third-order valence-corrected chi connectivity index (χ3v) is 3.56. The number of carboxylic acid groups (broad SMARTS) is 1. The SMILES string of the molecule is CCC1CCN(CC(NC(C)C)C(=O)O)CC1. The van der Waals surface area contributed by atoms with E-state index in [-0.39, 0.29) is 6.04 Å². The first-order chi connectivity index (χ1) is 8.02. The molecule has 1 aliphatic rings.